The first-order valence-electron chi connectivity index (χ1n) is 5.80. The number of hydrogen-bond donors (Lipinski definition) is 0. The third kappa shape index (κ3) is 3.92. The molecule has 0 atom stereocenters. The van der Waals surface area contributed by atoms with Crippen molar-refractivity contribution < 1.29 is 22.9 Å². The number of carbonyl (C=O) groups is 1. The molecule has 7 nitrogen and oxygen atoms in total. The van der Waals surface area contributed by atoms with Gasteiger partial charge in [-0.05, 0) is 34.7 Å². The summed E-state index contributed by atoms with van der Waals surface area (Å²) in [6.07, 6.45) is 1.93. The number of carbonyl (C=O) groups excluding carboxylic acids is 1. The average molecular weight is 399 g/mol. The minimum atomic E-state index is -4.25. The fourth-order valence-electron chi connectivity index (χ4n) is 1.57. The van der Waals surface area contributed by atoms with Gasteiger partial charge in [-0.1, -0.05) is 0 Å². The van der Waals surface area contributed by atoms with Gasteiger partial charge in [-0.15, -0.1) is 0 Å². The van der Waals surface area contributed by atoms with Crippen LogP contribution in [0.5, 0.6) is 0 Å². The number of hydrogen-bond acceptors (Lipinski definition) is 6. The first-order valence-corrected chi connectivity index (χ1v) is 8.90. The van der Waals surface area contributed by atoms with E-state index in [0.717, 1.165) is 25.0 Å². The van der Waals surface area contributed by atoms with Crippen LogP contribution in [0.2, 0.25) is 0 Å². The zero-order valence-electron chi connectivity index (χ0n) is 10.4. The Kier molecular flexibility index (Phi) is 4.54. The Labute approximate surface area is 132 Å². The van der Waals surface area contributed by atoms with Crippen molar-refractivity contribution in [3.8, 4) is 0 Å². The van der Waals surface area contributed by atoms with E-state index in [-0.39, 0.29) is 16.6 Å². The molecule has 0 unspecified atom stereocenters. The third-order valence-corrected chi connectivity index (χ3v) is 5.33. The second kappa shape index (κ2) is 5.90. The maximum absolute atomic E-state index is 11.9. The Morgan fingerprint density at radius 2 is 2.10 bits per heavy atom. The smallest absolute Gasteiger partial charge is 0.339 e. The van der Waals surface area contributed by atoms with E-state index in [0.29, 0.717) is 5.92 Å². The maximum Gasteiger partial charge on any atom is 0.339 e. The van der Waals surface area contributed by atoms with Gasteiger partial charge >= 0.3 is 5.97 Å². The van der Waals surface area contributed by atoms with E-state index < -0.39 is 30.5 Å². The Morgan fingerprint density at radius 1 is 1.48 bits per heavy atom. The van der Waals surface area contributed by atoms with Crippen molar-refractivity contribution in [1.82, 2.24) is 0 Å². The molecule has 1 aromatic carbocycles. The van der Waals surface area contributed by atoms with Crippen LogP contribution in [0, 0.1) is 16.0 Å². The van der Waals surface area contributed by atoms with Gasteiger partial charge in [-0.25, -0.2) is 13.2 Å². The quantitative estimate of drug-likeness (QED) is 0.327. The lowest BCUT2D eigenvalue weighted by Gasteiger charge is -2.08. The molecule has 2 rings (SSSR count). The topological polar surface area (TPSA) is 104 Å². The number of nitro benzene ring substituents is 1. The predicted octanol–water partition coefficient (Wildman–Crippen LogP) is 2.85. The summed E-state index contributed by atoms with van der Waals surface area (Å²) in [5.74, 6) is -0.526. The fraction of sp³-hybridized carbons (Fsp3) is 0.364. The van der Waals surface area contributed by atoms with E-state index in [9.17, 15) is 23.3 Å². The molecule has 1 aromatic rings. The van der Waals surface area contributed by atoms with Crippen molar-refractivity contribution in [2.75, 3.05) is 6.61 Å². The molecule has 1 aliphatic carbocycles. The van der Waals surface area contributed by atoms with Crippen molar-refractivity contribution in [1.29, 1.82) is 0 Å². The zero-order valence-corrected chi connectivity index (χ0v) is 13.6. The van der Waals surface area contributed by atoms with Crippen LogP contribution in [0.4, 0.5) is 5.69 Å². The Hall–Kier alpha value is -1.19. The van der Waals surface area contributed by atoms with Crippen molar-refractivity contribution in [2.45, 2.75) is 17.7 Å². The molecule has 0 bridgehead atoms. The van der Waals surface area contributed by atoms with Crippen LogP contribution in [0.25, 0.3) is 0 Å². The van der Waals surface area contributed by atoms with Gasteiger partial charge in [0, 0.05) is 22.8 Å². The molecule has 1 saturated carbocycles. The number of ether oxygens (including phenoxy) is 1. The zero-order chi connectivity index (χ0) is 15.8. The molecule has 1 aliphatic rings. The van der Waals surface area contributed by atoms with Gasteiger partial charge in [-0.2, -0.15) is 0 Å². The highest BCUT2D eigenvalue weighted by atomic mass is 79.9. The number of halogens is 2. The fourth-order valence-corrected chi connectivity index (χ4v) is 3.83. The summed E-state index contributed by atoms with van der Waals surface area (Å²) in [5, 5.41) is 10.8. The van der Waals surface area contributed by atoms with Gasteiger partial charge in [0.2, 0.25) is 0 Å². The molecule has 0 radical (unpaired) electrons. The van der Waals surface area contributed by atoms with Gasteiger partial charge in [0.15, 0.2) is 0 Å². The van der Waals surface area contributed by atoms with Gasteiger partial charge in [0.05, 0.1) is 21.6 Å². The first kappa shape index (κ1) is 16.2. The number of benzene rings is 1. The van der Waals surface area contributed by atoms with Gasteiger partial charge in [0.25, 0.3) is 14.7 Å². The number of non-ortho nitro benzene ring substituents is 1. The molecule has 0 amide bonds. The van der Waals surface area contributed by atoms with Crippen LogP contribution < -0.4 is 0 Å². The van der Waals surface area contributed by atoms with Crippen LogP contribution in [0.15, 0.2) is 21.5 Å². The molecule has 10 heteroatoms. The number of esters is 1. The Balaban J connectivity index is 2.44. The van der Waals surface area contributed by atoms with Crippen molar-refractivity contribution >= 4 is 47.3 Å². The molecule has 0 saturated heterocycles. The summed E-state index contributed by atoms with van der Waals surface area (Å²) in [5.41, 5.74) is -0.806. The lowest BCUT2D eigenvalue weighted by atomic mass is 10.2. The molecule has 21 heavy (non-hydrogen) atoms. The summed E-state index contributed by atoms with van der Waals surface area (Å²) in [7, 11) is 0.971. The van der Waals surface area contributed by atoms with Crippen LogP contribution in [-0.4, -0.2) is 25.9 Å². The second-order valence-electron chi connectivity index (χ2n) is 4.54. The van der Waals surface area contributed by atoms with Crippen LogP contribution in [-0.2, 0) is 13.8 Å². The van der Waals surface area contributed by atoms with E-state index in [2.05, 4.69) is 15.9 Å². The van der Waals surface area contributed by atoms with Gasteiger partial charge < -0.3 is 4.74 Å². The molecule has 0 aliphatic heterocycles. The Bertz CT molecular complexity index is 716. The first-order chi connectivity index (χ1) is 9.70. The summed E-state index contributed by atoms with van der Waals surface area (Å²) in [6, 6.07) is 1.73. The minimum Gasteiger partial charge on any atom is -0.462 e. The van der Waals surface area contributed by atoms with Gasteiger partial charge in [0.1, 0.15) is 4.90 Å². The largest absolute Gasteiger partial charge is 0.462 e. The summed E-state index contributed by atoms with van der Waals surface area (Å²) in [6.45, 7) is 0.205. The lowest BCUT2D eigenvalue weighted by Crippen LogP contribution is -2.10. The highest BCUT2D eigenvalue weighted by molar-refractivity contribution is 9.10. The standard InChI is InChI=1S/C11H9BrClNO6S/c12-10-8(11(15)20-5-6-1-2-6)3-7(14(16)17)4-9(10)21(13,18)19/h3-4,6H,1-2,5H2. The summed E-state index contributed by atoms with van der Waals surface area (Å²) >= 11 is 2.94. The number of nitro groups is 1. The molecule has 0 spiro atoms. The lowest BCUT2D eigenvalue weighted by molar-refractivity contribution is -0.385. The monoisotopic (exact) mass is 397 g/mol. The number of nitrogens with zero attached hydrogens (tertiary/aromatic N) is 1. The molecule has 1 fully saturated rings. The van der Waals surface area contributed by atoms with Crippen molar-refractivity contribution in [3.05, 3.63) is 32.3 Å². The normalized spacial score (nSPS) is 14.8. The number of rotatable bonds is 5. The molecular formula is C11H9BrClNO6S. The summed E-state index contributed by atoms with van der Waals surface area (Å²) < 4.78 is 27.7. The molecule has 0 heterocycles. The van der Waals surface area contributed by atoms with E-state index in [1.807, 2.05) is 0 Å². The second-order valence-corrected chi connectivity index (χ2v) is 7.87. The predicted molar refractivity (Wildman–Crippen MR) is 76.8 cm³/mol. The van der Waals surface area contributed by atoms with Crippen LogP contribution in [0.3, 0.4) is 0 Å². The van der Waals surface area contributed by atoms with Crippen LogP contribution >= 0.6 is 26.6 Å². The van der Waals surface area contributed by atoms with Crippen molar-refractivity contribution in [3.63, 3.8) is 0 Å². The third-order valence-electron chi connectivity index (χ3n) is 2.86. The van der Waals surface area contributed by atoms with Crippen molar-refractivity contribution in [2.24, 2.45) is 5.92 Å². The highest BCUT2D eigenvalue weighted by Gasteiger charge is 2.28. The highest BCUT2D eigenvalue weighted by Crippen LogP contribution is 2.34. The van der Waals surface area contributed by atoms with E-state index in [1.54, 1.807) is 0 Å². The van der Waals surface area contributed by atoms with Gasteiger partial charge in [-0.3, -0.25) is 10.1 Å². The molecule has 0 aromatic heterocycles. The van der Waals surface area contributed by atoms with E-state index >= 15 is 0 Å². The molecule has 0 N–H and O–H groups in total. The minimum absolute atomic E-state index is 0.149. The van der Waals surface area contributed by atoms with Crippen LogP contribution in [0.1, 0.15) is 23.2 Å². The van der Waals surface area contributed by atoms with E-state index in [1.165, 1.54) is 0 Å². The molecular weight excluding hydrogens is 390 g/mol. The SMILES string of the molecule is O=C(OCC1CC1)c1cc([N+](=O)[O-])cc(S(=O)(=O)Cl)c1Br. The molecule has 114 valence electrons. The van der Waals surface area contributed by atoms with E-state index in [4.69, 9.17) is 15.4 Å². The Morgan fingerprint density at radius 3 is 2.57 bits per heavy atom. The average Bonchev–Trinajstić information content (AvgIpc) is 3.18. The maximum atomic E-state index is 11.9. The summed E-state index contributed by atoms with van der Waals surface area (Å²) in [4.78, 5) is 21.4.